The van der Waals surface area contributed by atoms with Crippen LogP contribution in [-0.2, 0) is 0 Å². The molecule has 0 saturated heterocycles. The molecule has 4 atom stereocenters. The number of hydrogen-bond donors (Lipinski definition) is 0. The molecule has 0 N–H and O–H groups in total. The van der Waals surface area contributed by atoms with Gasteiger partial charge in [0.05, 0.1) is 0 Å². The van der Waals surface area contributed by atoms with E-state index in [2.05, 4.69) is 13.8 Å². The van der Waals surface area contributed by atoms with Gasteiger partial charge in [-0.2, -0.15) is 0 Å². The summed E-state index contributed by atoms with van der Waals surface area (Å²) in [4.78, 5) is 0. The molecule has 0 amide bonds. The van der Waals surface area contributed by atoms with Gasteiger partial charge in [-0.1, -0.05) is 26.7 Å². The molecule has 0 nitrogen and oxygen atoms in total. The topological polar surface area (TPSA) is 0 Å². The van der Waals surface area contributed by atoms with E-state index in [0.29, 0.717) is 0 Å². The molecule has 5 fully saturated rings. The minimum atomic E-state index is 0.943. The lowest BCUT2D eigenvalue weighted by Gasteiger charge is -2.15. The molecule has 4 unspecified atom stereocenters. The van der Waals surface area contributed by atoms with Crippen molar-refractivity contribution in [3.8, 4) is 0 Å². The lowest BCUT2D eigenvalue weighted by Crippen LogP contribution is -2.10. The third-order valence-electron chi connectivity index (χ3n) is 6.27. The van der Waals surface area contributed by atoms with Gasteiger partial charge >= 0.3 is 0 Å². The lowest BCUT2D eigenvalue weighted by atomic mass is 9.89. The highest BCUT2D eigenvalue weighted by molar-refractivity contribution is 5.32. The maximum absolute atomic E-state index is 2.43. The van der Waals surface area contributed by atoms with Crippen LogP contribution in [0, 0.1) is 40.9 Å². The maximum Gasteiger partial charge on any atom is -0.0173 e. The van der Waals surface area contributed by atoms with Gasteiger partial charge in [0, 0.05) is 0 Å². The van der Waals surface area contributed by atoms with E-state index in [1.165, 1.54) is 36.5 Å². The summed E-state index contributed by atoms with van der Waals surface area (Å²) < 4.78 is 0. The monoisotopic (exact) mass is 176 g/mol. The summed E-state index contributed by atoms with van der Waals surface area (Å²) in [5, 5.41) is 0. The summed E-state index contributed by atoms with van der Waals surface area (Å²) in [5.41, 5.74) is 0.943. The molecule has 5 rings (SSSR count). The van der Waals surface area contributed by atoms with Crippen molar-refractivity contribution in [2.45, 2.75) is 39.5 Å². The van der Waals surface area contributed by atoms with Crippen molar-refractivity contribution in [2.24, 2.45) is 40.9 Å². The minimum absolute atomic E-state index is 0.943. The van der Waals surface area contributed by atoms with Gasteiger partial charge in [-0.3, -0.25) is 0 Å². The Morgan fingerprint density at radius 1 is 1.00 bits per heavy atom. The Labute approximate surface area is 81.1 Å². The average Bonchev–Trinajstić information content (AvgIpc) is 2.77. The van der Waals surface area contributed by atoms with Gasteiger partial charge in [-0.05, 0) is 53.8 Å². The van der Waals surface area contributed by atoms with E-state index >= 15 is 0 Å². The smallest absolute Gasteiger partial charge is 0.0173 e. The number of hydrogen-bond acceptors (Lipinski definition) is 0. The van der Waals surface area contributed by atoms with Gasteiger partial charge in [-0.25, -0.2) is 0 Å². The molecule has 0 aromatic carbocycles. The van der Waals surface area contributed by atoms with Crippen molar-refractivity contribution < 1.29 is 0 Å². The van der Waals surface area contributed by atoms with Crippen molar-refractivity contribution in [1.29, 1.82) is 0 Å². The highest BCUT2D eigenvalue weighted by atomic mass is 14.9. The Kier molecular flexibility index (Phi) is 1.04. The predicted molar refractivity (Wildman–Crippen MR) is 53.2 cm³/mol. The van der Waals surface area contributed by atoms with E-state index in [9.17, 15) is 0 Å². The fourth-order valence-electron chi connectivity index (χ4n) is 6.23. The molecule has 0 heteroatoms. The van der Waals surface area contributed by atoms with Crippen LogP contribution >= 0.6 is 0 Å². The van der Waals surface area contributed by atoms with Crippen molar-refractivity contribution in [3.63, 3.8) is 0 Å². The van der Waals surface area contributed by atoms with E-state index in [4.69, 9.17) is 0 Å². The zero-order chi connectivity index (χ0) is 8.79. The number of rotatable bonds is 2. The molecule has 5 aliphatic rings. The second-order valence-electron chi connectivity index (χ2n) is 6.05. The minimum Gasteiger partial charge on any atom is -0.0651 e. The SMILES string of the molecule is CCC1C(CC)C12C1CC3C(C1)C32. The van der Waals surface area contributed by atoms with Crippen molar-refractivity contribution >= 4 is 0 Å². The van der Waals surface area contributed by atoms with E-state index in [-0.39, 0.29) is 0 Å². The van der Waals surface area contributed by atoms with Gasteiger partial charge in [0.2, 0.25) is 0 Å². The first-order valence-electron chi connectivity index (χ1n) is 6.35. The standard InChI is InChI=1S/C13H20/c1-3-10-11(4-2)13(10)7-5-8-9(6-7)12(8)13/h7-12H,3-6H2,1-2H3. The van der Waals surface area contributed by atoms with E-state index in [0.717, 1.165) is 17.3 Å². The molecule has 0 heterocycles. The molecule has 0 aliphatic heterocycles. The molecule has 5 saturated carbocycles. The van der Waals surface area contributed by atoms with Crippen LogP contribution in [0.1, 0.15) is 39.5 Å². The second kappa shape index (κ2) is 1.85. The lowest BCUT2D eigenvalue weighted by molar-refractivity contribution is 0.322. The Morgan fingerprint density at radius 2 is 1.54 bits per heavy atom. The van der Waals surface area contributed by atoms with Gasteiger partial charge in [-0.15, -0.1) is 0 Å². The van der Waals surface area contributed by atoms with Crippen LogP contribution in [0.15, 0.2) is 0 Å². The van der Waals surface area contributed by atoms with Gasteiger partial charge in [0.15, 0.2) is 0 Å². The van der Waals surface area contributed by atoms with Gasteiger partial charge in [0.25, 0.3) is 0 Å². The summed E-state index contributed by atoms with van der Waals surface area (Å²) >= 11 is 0. The molecule has 0 aromatic heterocycles. The molecule has 72 valence electrons. The average molecular weight is 176 g/mol. The second-order valence-corrected chi connectivity index (χ2v) is 6.05. The highest BCUT2D eigenvalue weighted by Crippen LogP contribution is 2.90. The fraction of sp³-hybridized carbons (Fsp3) is 1.00. The zero-order valence-electron chi connectivity index (χ0n) is 8.79. The Hall–Kier alpha value is 0. The van der Waals surface area contributed by atoms with E-state index in [1.54, 1.807) is 12.8 Å². The molecular formula is C13H20. The third kappa shape index (κ3) is 0.521. The van der Waals surface area contributed by atoms with Crippen LogP contribution in [0.3, 0.4) is 0 Å². The maximum atomic E-state index is 2.43. The molecule has 0 aromatic rings. The molecule has 0 radical (unpaired) electrons. The largest absolute Gasteiger partial charge is 0.0651 e. The van der Waals surface area contributed by atoms with Crippen molar-refractivity contribution in [3.05, 3.63) is 0 Å². The van der Waals surface area contributed by atoms with Crippen LogP contribution in [0.4, 0.5) is 0 Å². The first kappa shape index (κ1) is 7.31. The summed E-state index contributed by atoms with van der Waals surface area (Å²) in [5.74, 6) is 7.22. The Bertz CT molecular complexity index is 241. The van der Waals surface area contributed by atoms with Gasteiger partial charge in [0.1, 0.15) is 0 Å². The summed E-state index contributed by atoms with van der Waals surface area (Å²) in [7, 11) is 0. The summed E-state index contributed by atoms with van der Waals surface area (Å²) in [6, 6.07) is 0. The molecule has 4 bridgehead atoms. The van der Waals surface area contributed by atoms with Crippen LogP contribution in [0.25, 0.3) is 0 Å². The molecule has 1 spiro atoms. The van der Waals surface area contributed by atoms with Gasteiger partial charge < -0.3 is 0 Å². The van der Waals surface area contributed by atoms with Crippen LogP contribution in [0.2, 0.25) is 0 Å². The van der Waals surface area contributed by atoms with E-state index < -0.39 is 0 Å². The van der Waals surface area contributed by atoms with Crippen LogP contribution in [-0.4, -0.2) is 0 Å². The van der Waals surface area contributed by atoms with E-state index in [1.807, 2.05) is 0 Å². The predicted octanol–water partition coefficient (Wildman–Crippen LogP) is 3.32. The molecule has 13 heavy (non-hydrogen) atoms. The molecule has 5 aliphatic carbocycles. The van der Waals surface area contributed by atoms with Crippen LogP contribution in [0.5, 0.6) is 0 Å². The normalized spacial score (nSPS) is 70.6. The third-order valence-corrected chi connectivity index (χ3v) is 6.27. The van der Waals surface area contributed by atoms with Crippen LogP contribution < -0.4 is 0 Å². The first-order valence-corrected chi connectivity index (χ1v) is 6.35. The van der Waals surface area contributed by atoms with Crippen molar-refractivity contribution in [2.75, 3.05) is 0 Å². The fourth-order valence-corrected chi connectivity index (χ4v) is 6.23. The first-order chi connectivity index (χ1) is 6.35. The highest BCUT2D eigenvalue weighted by Gasteiger charge is 2.85. The molecular weight excluding hydrogens is 156 g/mol. The Morgan fingerprint density at radius 3 is 1.85 bits per heavy atom. The quantitative estimate of drug-likeness (QED) is 0.605. The van der Waals surface area contributed by atoms with Crippen molar-refractivity contribution in [1.82, 2.24) is 0 Å². The summed E-state index contributed by atoms with van der Waals surface area (Å²) in [6.07, 6.45) is 6.24. The zero-order valence-corrected chi connectivity index (χ0v) is 8.79. The summed E-state index contributed by atoms with van der Waals surface area (Å²) in [6.45, 7) is 4.85. The Balaban J connectivity index is 1.74.